The molecule has 29 heavy (non-hydrogen) atoms. The van der Waals surface area contributed by atoms with Crippen LogP contribution in [0, 0.1) is 21.0 Å². The van der Waals surface area contributed by atoms with E-state index in [2.05, 4.69) is 6.92 Å². The number of hydrogen-bond donors (Lipinski definition) is 1. The first-order chi connectivity index (χ1) is 13.7. The van der Waals surface area contributed by atoms with Gasteiger partial charge in [-0.25, -0.2) is 13.2 Å². The van der Waals surface area contributed by atoms with Crippen molar-refractivity contribution in [2.45, 2.75) is 44.6 Å². The summed E-state index contributed by atoms with van der Waals surface area (Å²) in [6.07, 6.45) is 3.28. The molecule has 1 heterocycles. The van der Waals surface area contributed by atoms with Gasteiger partial charge in [0, 0.05) is 21.1 Å². The summed E-state index contributed by atoms with van der Waals surface area (Å²) in [4.78, 5) is 14.3. The van der Waals surface area contributed by atoms with Crippen molar-refractivity contribution in [3.8, 4) is 0 Å². The van der Waals surface area contributed by atoms with Crippen LogP contribution in [0.4, 0.5) is 13.2 Å². The Morgan fingerprint density at radius 3 is 2.52 bits per heavy atom. The number of carbonyl (C=O) groups is 1. The molecule has 2 aromatic rings. The fourth-order valence-corrected chi connectivity index (χ4v) is 4.11. The summed E-state index contributed by atoms with van der Waals surface area (Å²) in [6.45, 7) is 2.39. The van der Waals surface area contributed by atoms with Gasteiger partial charge in [0.25, 0.3) is 5.91 Å². The second-order valence-electron chi connectivity index (χ2n) is 7.64. The lowest BCUT2D eigenvalue weighted by molar-refractivity contribution is -0.0869. The van der Waals surface area contributed by atoms with Gasteiger partial charge in [-0.2, -0.15) is 0 Å². The maximum Gasteiger partial charge on any atom is 0.254 e. The highest BCUT2D eigenvalue weighted by Gasteiger charge is 2.43. The first-order valence-electron chi connectivity index (χ1n) is 9.66. The van der Waals surface area contributed by atoms with Crippen LogP contribution >= 0.6 is 22.6 Å². The lowest BCUT2D eigenvalue weighted by Gasteiger charge is -2.46. The Kier molecular flexibility index (Phi) is 6.88. The highest BCUT2D eigenvalue weighted by atomic mass is 127. The van der Waals surface area contributed by atoms with Crippen LogP contribution in [0.2, 0.25) is 0 Å². The molecule has 1 aliphatic heterocycles. The largest absolute Gasteiger partial charge is 0.386 e. The zero-order valence-electron chi connectivity index (χ0n) is 16.2. The van der Waals surface area contributed by atoms with Crippen LogP contribution in [0.25, 0.3) is 0 Å². The molecule has 0 radical (unpaired) electrons. The van der Waals surface area contributed by atoms with Crippen molar-refractivity contribution in [2.75, 3.05) is 13.1 Å². The van der Waals surface area contributed by atoms with E-state index in [9.17, 15) is 23.1 Å². The molecule has 0 saturated carbocycles. The smallest absolute Gasteiger partial charge is 0.254 e. The molecule has 1 saturated heterocycles. The predicted molar refractivity (Wildman–Crippen MR) is 113 cm³/mol. The molecule has 3 nitrogen and oxygen atoms in total. The molecule has 0 aliphatic carbocycles. The number of amides is 1. The molecule has 3 rings (SSSR count). The van der Waals surface area contributed by atoms with Crippen LogP contribution in [-0.2, 0) is 6.42 Å². The Morgan fingerprint density at radius 2 is 1.86 bits per heavy atom. The average molecular weight is 517 g/mol. The first kappa shape index (κ1) is 22.1. The topological polar surface area (TPSA) is 40.5 Å². The number of likely N-dealkylation sites (tertiary alicyclic amines) is 1. The van der Waals surface area contributed by atoms with Gasteiger partial charge in [0.15, 0.2) is 11.6 Å². The molecule has 2 aromatic carbocycles. The quantitative estimate of drug-likeness (QED) is 0.412. The Bertz CT molecular complexity index is 913. The molecule has 7 heteroatoms. The fourth-order valence-electron chi connectivity index (χ4n) is 3.66. The summed E-state index contributed by atoms with van der Waals surface area (Å²) < 4.78 is 43.3. The number of nitrogens with zero attached hydrogens (tertiary/aromatic N) is 1. The van der Waals surface area contributed by atoms with E-state index in [-0.39, 0.29) is 36.2 Å². The number of hydrogen-bond acceptors (Lipinski definition) is 2. The van der Waals surface area contributed by atoms with Crippen LogP contribution in [0.1, 0.15) is 54.1 Å². The molecule has 1 N–H and O–H groups in total. The minimum Gasteiger partial charge on any atom is -0.386 e. The Morgan fingerprint density at radius 1 is 1.14 bits per heavy atom. The second-order valence-corrected chi connectivity index (χ2v) is 8.89. The van der Waals surface area contributed by atoms with E-state index in [4.69, 9.17) is 0 Å². The summed E-state index contributed by atoms with van der Waals surface area (Å²) in [7, 11) is 0. The third-order valence-corrected chi connectivity index (χ3v) is 5.98. The predicted octanol–water partition coefficient (Wildman–Crippen LogP) is 5.07. The van der Waals surface area contributed by atoms with E-state index in [1.807, 2.05) is 22.6 Å². The van der Waals surface area contributed by atoms with Gasteiger partial charge >= 0.3 is 0 Å². The van der Waals surface area contributed by atoms with E-state index < -0.39 is 29.0 Å². The molecule has 0 atom stereocenters. The fraction of sp³-hybridized carbons (Fsp3) is 0.409. The van der Waals surface area contributed by atoms with Crippen LogP contribution < -0.4 is 0 Å². The maximum absolute atomic E-state index is 14.5. The zero-order chi connectivity index (χ0) is 21.2. The summed E-state index contributed by atoms with van der Waals surface area (Å²) in [5.41, 5.74) is -0.913. The third kappa shape index (κ3) is 4.94. The number of halogens is 4. The number of benzene rings is 2. The van der Waals surface area contributed by atoms with E-state index in [0.717, 1.165) is 25.3 Å². The van der Waals surface area contributed by atoms with Gasteiger partial charge in [0.1, 0.15) is 5.82 Å². The summed E-state index contributed by atoms with van der Waals surface area (Å²) in [5, 5.41) is 10.5. The molecule has 1 aliphatic rings. The van der Waals surface area contributed by atoms with Crippen LogP contribution in [-0.4, -0.2) is 34.6 Å². The summed E-state index contributed by atoms with van der Waals surface area (Å²) in [5.74, 6) is -3.24. The molecule has 1 fully saturated rings. The minimum atomic E-state index is -1.15. The van der Waals surface area contributed by atoms with Gasteiger partial charge in [-0.1, -0.05) is 32.3 Å². The summed E-state index contributed by atoms with van der Waals surface area (Å²) in [6, 6.07) is 6.62. The summed E-state index contributed by atoms with van der Waals surface area (Å²) >= 11 is 1.96. The molecular weight excluding hydrogens is 494 g/mol. The number of aliphatic hydroxyl groups is 1. The van der Waals surface area contributed by atoms with Gasteiger partial charge in [0.2, 0.25) is 0 Å². The molecule has 0 bridgehead atoms. The van der Waals surface area contributed by atoms with Gasteiger partial charge in [0.05, 0.1) is 18.7 Å². The Labute approximate surface area is 182 Å². The van der Waals surface area contributed by atoms with E-state index in [0.29, 0.717) is 9.99 Å². The third-order valence-electron chi connectivity index (χ3n) is 5.31. The number of rotatable bonds is 7. The SMILES string of the molecule is CCCCCC1(O)CN(C(=O)c2ccc(F)c(F)c2Cc2ccc(I)cc2F)C1. The van der Waals surface area contributed by atoms with Crippen molar-refractivity contribution < 1.29 is 23.1 Å². The standard InChI is InChI=1S/C22H23F3INO2/c1-2-3-4-9-22(29)12-27(13-22)21(28)16-7-8-18(23)20(25)17(16)10-14-5-6-15(26)11-19(14)24/h5-8,11,29H,2-4,9-10,12-13H2,1H3. The molecular formula is C22H23F3INO2. The van der Waals surface area contributed by atoms with Crippen LogP contribution in [0.5, 0.6) is 0 Å². The number of β-amino-alcohol motifs (C(OH)–C–C–N with tert-alkyl or cyclic N) is 1. The highest BCUT2D eigenvalue weighted by molar-refractivity contribution is 14.1. The molecule has 1 amide bonds. The van der Waals surface area contributed by atoms with Crippen LogP contribution in [0.15, 0.2) is 30.3 Å². The Hall–Kier alpha value is -1.61. The normalized spacial score (nSPS) is 15.3. The molecule has 0 aromatic heterocycles. The van der Waals surface area contributed by atoms with Crippen molar-refractivity contribution in [1.82, 2.24) is 4.90 Å². The van der Waals surface area contributed by atoms with E-state index >= 15 is 0 Å². The average Bonchev–Trinajstić information content (AvgIpc) is 2.65. The van der Waals surface area contributed by atoms with Crippen LogP contribution in [0.3, 0.4) is 0 Å². The monoisotopic (exact) mass is 517 g/mol. The van der Waals surface area contributed by atoms with Crippen molar-refractivity contribution in [1.29, 1.82) is 0 Å². The second kappa shape index (κ2) is 9.04. The van der Waals surface area contributed by atoms with Gasteiger partial charge < -0.3 is 10.0 Å². The van der Waals surface area contributed by atoms with Gasteiger partial charge in [-0.3, -0.25) is 4.79 Å². The molecule has 156 valence electrons. The molecule has 0 spiro atoms. The lowest BCUT2D eigenvalue weighted by atomic mass is 9.87. The van der Waals surface area contributed by atoms with E-state index in [1.165, 1.54) is 23.1 Å². The zero-order valence-corrected chi connectivity index (χ0v) is 18.3. The first-order valence-corrected chi connectivity index (χ1v) is 10.7. The van der Waals surface area contributed by atoms with Crippen molar-refractivity contribution >= 4 is 28.5 Å². The van der Waals surface area contributed by atoms with Crippen molar-refractivity contribution in [3.05, 3.63) is 68.0 Å². The lowest BCUT2D eigenvalue weighted by Crippen LogP contribution is -2.63. The van der Waals surface area contributed by atoms with Gasteiger partial charge in [-0.05, 0) is 58.8 Å². The van der Waals surface area contributed by atoms with Crippen molar-refractivity contribution in [2.24, 2.45) is 0 Å². The minimum absolute atomic E-state index is 0.00235. The maximum atomic E-state index is 14.5. The molecule has 0 unspecified atom stereocenters. The number of carbonyl (C=O) groups excluding carboxylic acids is 1. The van der Waals surface area contributed by atoms with Gasteiger partial charge in [-0.15, -0.1) is 0 Å². The number of unbranched alkanes of at least 4 members (excludes halogenated alkanes) is 2. The van der Waals surface area contributed by atoms with E-state index in [1.54, 1.807) is 6.07 Å². The Balaban J connectivity index is 1.81. The van der Waals surface area contributed by atoms with Crippen molar-refractivity contribution in [3.63, 3.8) is 0 Å². The highest BCUT2D eigenvalue weighted by Crippen LogP contribution is 2.30.